The Morgan fingerprint density at radius 3 is 1.70 bits per heavy atom. The summed E-state index contributed by atoms with van der Waals surface area (Å²) in [5.41, 5.74) is -4.00. The minimum Gasteiger partial charge on any atom is -0.354 e. The van der Waals surface area contributed by atoms with Crippen molar-refractivity contribution in [2.24, 2.45) is 29.1 Å². The highest BCUT2D eigenvalue weighted by molar-refractivity contribution is 5.12. The highest BCUT2D eigenvalue weighted by Gasteiger charge is 2.78. The first-order chi connectivity index (χ1) is 12.5. The van der Waals surface area contributed by atoms with Crippen LogP contribution in [0.1, 0.15) is 57.8 Å². The highest BCUT2D eigenvalue weighted by Crippen LogP contribution is 2.63. The van der Waals surface area contributed by atoms with Crippen molar-refractivity contribution in [3.8, 4) is 0 Å². The average molecular weight is 396 g/mol. The number of ether oxygens (including phenoxy) is 1. The van der Waals surface area contributed by atoms with E-state index < -0.39 is 30.0 Å². The van der Waals surface area contributed by atoms with Gasteiger partial charge in [0, 0.05) is 5.92 Å². The highest BCUT2D eigenvalue weighted by atomic mass is 19.4. The fourth-order valence-corrected chi connectivity index (χ4v) is 7.06. The van der Waals surface area contributed by atoms with Gasteiger partial charge in [-0.25, -0.2) is 0 Å². The van der Waals surface area contributed by atoms with Gasteiger partial charge >= 0.3 is 12.4 Å². The lowest BCUT2D eigenvalue weighted by molar-refractivity contribution is -0.382. The average Bonchev–Trinajstić information content (AvgIpc) is 2.91. The van der Waals surface area contributed by atoms with Gasteiger partial charge in [0.1, 0.15) is 0 Å². The summed E-state index contributed by atoms with van der Waals surface area (Å²) >= 11 is 0. The van der Waals surface area contributed by atoms with Crippen LogP contribution in [0.4, 0.5) is 26.3 Å². The van der Waals surface area contributed by atoms with Gasteiger partial charge in [-0.1, -0.05) is 6.08 Å². The van der Waals surface area contributed by atoms with Crippen LogP contribution < -0.4 is 0 Å². The number of alkyl halides is 6. The van der Waals surface area contributed by atoms with Gasteiger partial charge in [-0.3, -0.25) is 0 Å². The molecule has 2 unspecified atom stereocenters. The van der Waals surface area contributed by atoms with E-state index in [2.05, 4.69) is 6.58 Å². The first kappa shape index (κ1) is 19.6. The van der Waals surface area contributed by atoms with Crippen LogP contribution in [0.15, 0.2) is 12.7 Å². The molecule has 4 saturated carbocycles. The van der Waals surface area contributed by atoms with Gasteiger partial charge in [-0.05, 0) is 81.0 Å². The molecule has 2 atom stereocenters. The molecule has 4 aliphatic carbocycles. The summed E-state index contributed by atoms with van der Waals surface area (Å²) < 4.78 is 85.7. The Labute approximate surface area is 155 Å². The molecular formula is C20H26F6O. The Bertz CT molecular complexity index is 543. The van der Waals surface area contributed by atoms with Crippen molar-refractivity contribution in [2.75, 3.05) is 0 Å². The van der Waals surface area contributed by atoms with Gasteiger partial charge in [0.15, 0.2) is 0 Å². The van der Waals surface area contributed by atoms with Crippen LogP contribution in [0.25, 0.3) is 0 Å². The summed E-state index contributed by atoms with van der Waals surface area (Å²) in [6.45, 7) is 3.23. The molecule has 0 spiro atoms. The Kier molecular flexibility index (Phi) is 4.45. The van der Waals surface area contributed by atoms with E-state index in [-0.39, 0.29) is 18.3 Å². The Morgan fingerprint density at radius 1 is 0.852 bits per heavy atom. The smallest absolute Gasteiger partial charge is 0.354 e. The lowest BCUT2D eigenvalue weighted by Gasteiger charge is -2.57. The Hall–Kier alpha value is -0.720. The SMILES string of the molecule is C=CC1CC(CCC23CC4CC(CC(C4)C2)C3)OC1(C(F)(F)F)C(F)(F)F. The number of halogens is 6. The van der Waals surface area contributed by atoms with Crippen LogP contribution in [0.3, 0.4) is 0 Å². The molecule has 1 heterocycles. The first-order valence-electron chi connectivity index (χ1n) is 9.92. The third-order valence-electron chi connectivity index (χ3n) is 7.68. The van der Waals surface area contributed by atoms with E-state index in [9.17, 15) is 26.3 Å². The number of hydrogen-bond donors (Lipinski definition) is 0. The molecule has 4 bridgehead atoms. The minimum atomic E-state index is -5.51. The van der Waals surface area contributed by atoms with Crippen molar-refractivity contribution in [1.82, 2.24) is 0 Å². The molecule has 0 aromatic carbocycles. The second-order valence-corrected chi connectivity index (χ2v) is 9.51. The van der Waals surface area contributed by atoms with Gasteiger partial charge in [0.2, 0.25) is 0 Å². The second-order valence-electron chi connectivity index (χ2n) is 9.51. The summed E-state index contributed by atoms with van der Waals surface area (Å²) in [5, 5.41) is 0. The van der Waals surface area contributed by atoms with E-state index in [1.54, 1.807) is 0 Å². The van der Waals surface area contributed by atoms with Crippen molar-refractivity contribution in [2.45, 2.75) is 81.8 Å². The summed E-state index contributed by atoms with van der Waals surface area (Å²) in [4.78, 5) is 0. The largest absolute Gasteiger partial charge is 0.427 e. The van der Waals surface area contributed by atoms with Crippen LogP contribution >= 0.6 is 0 Å². The maximum Gasteiger partial charge on any atom is 0.427 e. The first-order valence-corrected chi connectivity index (χ1v) is 9.92. The van der Waals surface area contributed by atoms with E-state index in [0.29, 0.717) is 24.2 Å². The normalized spacial score (nSPS) is 43.3. The van der Waals surface area contributed by atoms with Gasteiger partial charge in [0.05, 0.1) is 6.10 Å². The van der Waals surface area contributed by atoms with E-state index in [4.69, 9.17) is 4.74 Å². The quantitative estimate of drug-likeness (QED) is 0.393. The maximum atomic E-state index is 13.5. The molecule has 5 fully saturated rings. The van der Waals surface area contributed by atoms with Crippen LogP contribution in [-0.4, -0.2) is 24.1 Å². The van der Waals surface area contributed by atoms with Gasteiger partial charge in [-0.15, -0.1) is 6.58 Å². The Morgan fingerprint density at radius 2 is 1.33 bits per heavy atom. The van der Waals surface area contributed by atoms with Crippen molar-refractivity contribution in [1.29, 1.82) is 0 Å². The zero-order valence-electron chi connectivity index (χ0n) is 15.2. The third-order valence-corrected chi connectivity index (χ3v) is 7.68. The molecule has 27 heavy (non-hydrogen) atoms. The molecule has 0 radical (unpaired) electrons. The van der Waals surface area contributed by atoms with Gasteiger partial charge in [0.25, 0.3) is 5.60 Å². The minimum absolute atomic E-state index is 0.115. The van der Waals surface area contributed by atoms with Crippen molar-refractivity contribution < 1.29 is 31.1 Å². The fourth-order valence-electron chi connectivity index (χ4n) is 7.06. The molecular weight excluding hydrogens is 370 g/mol. The number of rotatable bonds is 4. The van der Waals surface area contributed by atoms with E-state index >= 15 is 0 Å². The van der Waals surface area contributed by atoms with Crippen molar-refractivity contribution in [3.05, 3.63) is 12.7 Å². The lowest BCUT2D eigenvalue weighted by atomic mass is 9.48. The van der Waals surface area contributed by atoms with Crippen molar-refractivity contribution in [3.63, 3.8) is 0 Å². The summed E-state index contributed by atoms with van der Waals surface area (Å²) in [7, 11) is 0. The van der Waals surface area contributed by atoms with E-state index in [1.165, 1.54) is 19.3 Å². The molecule has 0 aromatic rings. The molecule has 7 heteroatoms. The van der Waals surface area contributed by atoms with E-state index in [0.717, 1.165) is 25.3 Å². The molecule has 0 amide bonds. The molecule has 1 nitrogen and oxygen atoms in total. The van der Waals surface area contributed by atoms with Crippen LogP contribution in [0.5, 0.6) is 0 Å². The van der Waals surface area contributed by atoms with Crippen LogP contribution in [0, 0.1) is 29.1 Å². The second kappa shape index (κ2) is 6.14. The topological polar surface area (TPSA) is 9.23 Å². The molecule has 5 aliphatic rings. The summed E-state index contributed by atoms with van der Waals surface area (Å²) in [5.74, 6) is 0.308. The molecule has 5 rings (SSSR count). The third kappa shape index (κ3) is 3.03. The monoisotopic (exact) mass is 396 g/mol. The van der Waals surface area contributed by atoms with Crippen LogP contribution in [0.2, 0.25) is 0 Å². The molecule has 154 valence electrons. The van der Waals surface area contributed by atoms with Gasteiger partial charge in [-0.2, -0.15) is 26.3 Å². The molecule has 1 aliphatic heterocycles. The summed E-state index contributed by atoms with van der Waals surface area (Å²) in [6.07, 6.45) is -3.60. The van der Waals surface area contributed by atoms with E-state index in [1.807, 2.05) is 0 Å². The Balaban J connectivity index is 1.49. The van der Waals surface area contributed by atoms with Crippen molar-refractivity contribution >= 4 is 0 Å². The zero-order valence-corrected chi connectivity index (χ0v) is 15.2. The molecule has 0 aromatic heterocycles. The molecule has 1 saturated heterocycles. The van der Waals surface area contributed by atoms with Gasteiger partial charge < -0.3 is 4.74 Å². The fraction of sp³-hybridized carbons (Fsp3) is 0.900. The zero-order chi connectivity index (χ0) is 19.7. The maximum absolute atomic E-state index is 13.5. The predicted molar refractivity (Wildman–Crippen MR) is 87.9 cm³/mol. The van der Waals surface area contributed by atoms with Crippen LogP contribution in [-0.2, 0) is 4.74 Å². The predicted octanol–water partition coefficient (Wildman–Crippen LogP) is 6.44. The number of hydrogen-bond acceptors (Lipinski definition) is 1. The summed E-state index contributed by atoms with van der Waals surface area (Å²) in [6, 6.07) is 0. The lowest BCUT2D eigenvalue weighted by Crippen LogP contribution is -2.60. The standard InChI is InChI=1S/C20H26F6O/c1-2-15-8-16(27-18(15,19(21,22)23)20(24,25)26)3-4-17-9-12-5-13(10-17)7-14(6-12)11-17/h2,12-16H,1,3-11H2. The molecule has 0 N–H and O–H groups in total.